The molecule has 0 bridgehead atoms. The van der Waals surface area contributed by atoms with Crippen LogP contribution in [0, 0.1) is 0 Å². The van der Waals surface area contributed by atoms with Crippen molar-refractivity contribution in [1.82, 2.24) is 4.90 Å². The number of methoxy groups -OCH3 is 1. The molecule has 86 valence electrons. The average Bonchev–Trinajstić information content (AvgIpc) is 2.16. The van der Waals surface area contributed by atoms with Gasteiger partial charge in [-0.2, -0.15) is 0 Å². The summed E-state index contributed by atoms with van der Waals surface area (Å²) in [4.78, 5) is 2.49. The number of rotatable bonds is 9. The summed E-state index contributed by atoms with van der Waals surface area (Å²) in [7, 11) is 1.76. The lowest BCUT2D eigenvalue weighted by Gasteiger charge is -2.26. The Morgan fingerprint density at radius 2 is 1.79 bits per heavy atom. The molecular weight excluding hydrogens is 176 g/mol. The molecule has 0 rings (SSSR count). The third-order valence-corrected chi connectivity index (χ3v) is 2.42. The number of ether oxygens (including phenoxy) is 1. The monoisotopic (exact) mass is 202 g/mol. The Hall–Kier alpha value is -0.120. The minimum atomic E-state index is 0.629. The van der Waals surface area contributed by atoms with E-state index in [4.69, 9.17) is 10.5 Å². The molecule has 0 aliphatic rings. The van der Waals surface area contributed by atoms with Crippen molar-refractivity contribution in [2.45, 2.75) is 39.2 Å². The molecule has 0 spiro atoms. The molecule has 0 atom stereocenters. The Morgan fingerprint density at radius 3 is 2.29 bits per heavy atom. The van der Waals surface area contributed by atoms with Gasteiger partial charge in [-0.05, 0) is 52.7 Å². The molecule has 0 aliphatic carbocycles. The van der Waals surface area contributed by atoms with Crippen LogP contribution in [0.1, 0.15) is 33.1 Å². The van der Waals surface area contributed by atoms with E-state index in [-0.39, 0.29) is 0 Å². The highest BCUT2D eigenvalue weighted by Gasteiger charge is 2.07. The van der Waals surface area contributed by atoms with Gasteiger partial charge in [-0.3, -0.25) is 0 Å². The van der Waals surface area contributed by atoms with Gasteiger partial charge >= 0.3 is 0 Å². The molecule has 0 radical (unpaired) electrons. The van der Waals surface area contributed by atoms with Crippen molar-refractivity contribution >= 4 is 0 Å². The number of hydrogen-bond donors (Lipinski definition) is 1. The fraction of sp³-hybridized carbons (Fsp3) is 1.00. The normalized spacial score (nSPS) is 11.6. The van der Waals surface area contributed by atoms with Crippen LogP contribution in [0.15, 0.2) is 0 Å². The maximum Gasteiger partial charge on any atom is 0.0462 e. The zero-order valence-electron chi connectivity index (χ0n) is 9.96. The van der Waals surface area contributed by atoms with Crippen LogP contribution < -0.4 is 5.73 Å². The Kier molecular flexibility index (Phi) is 9.35. The minimum Gasteiger partial charge on any atom is -0.385 e. The Balaban J connectivity index is 3.52. The van der Waals surface area contributed by atoms with Crippen molar-refractivity contribution in [3.8, 4) is 0 Å². The molecule has 0 aliphatic heterocycles. The summed E-state index contributed by atoms with van der Waals surface area (Å²) in [6.07, 6.45) is 3.47. The molecule has 0 saturated heterocycles. The maximum absolute atomic E-state index is 5.51. The van der Waals surface area contributed by atoms with Gasteiger partial charge in [-0.15, -0.1) is 0 Å². The molecule has 0 aromatic heterocycles. The van der Waals surface area contributed by atoms with Crippen LogP contribution in [0.2, 0.25) is 0 Å². The van der Waals surface area contributed by atoms with Crippen molar-refractivity contribution in [2.75, 3.05) is 33.4 Å². The van der Waals surface area contributed by atoms with Crippen LogP contribution in [0.5, 0.6) is 0 Å². The van der Waals surface area contributed by atoms with Crippen LogP contribution in [0.3, 0.4) is 0 Å². The van der Waals surface area contributed by atoms with Crippen LogP contribution in [0.4, 0.5) is 0 Å². The first-order chi connectivity index (χ1) is 6.72. The third kappa shape index (κ3) is 7.30. The topological polar surface area (TPSA) is 38.5 Å². The Bertz CT molecular complexity index is 118. The predicted octanol–water partition coefficient (Wildman–Crippen LogP) is 1.47. The van der Waals surface area contributed by atoms with Gasteiger partial charge in [0.25, 0.3) is 0 Å². The van der Waals surface area contributed by atoms with E-state index >= 15 is 0 Å². The lowest BCUT2D eigenvalue weighted by molar-refractivity contribution is 0.174. The van der Waals surface area contributed by atoms with E-state index in [1.165, 1.54) is 13.0 Å². The van der Waals surface area contributed by atoms with Crippen LogP contribution in [-0.2, 0) is 4.74 Å². The molecule has 0 amide bonds. The van der Waals surface area contributed by atoms with Crippen molar-refractivity contribution in [3.63, 3.8) is 0 Å². The van der Waals surface area contributed by atoms with E-state index in [0.717, 1.165) is 32.5 Å². The second-order valence-corrected chi connectivity index (χ2v) is 3.97. The largest absolute Gasteiger partial charge is 0.385 e. The van der Waals surface area contributed by atoms with E-state index < -0.39 is 0 Å². The standard InChI is InChI=1S/C11H26N2O/c1-11(2)13(9-6-7-12)8-4-5-10-14-3/h11H,4-10,12H2,1-3H3. The molecule has 2 N–H and O–H groups in total. The first-order valence-electron chi connectivity index (χ1n) is 5.65. The molecule has 14 heavy (non-hydrogen) atoms. The molecule has 0 fully saturated rings. The highest BCUT2D eigenvalue weighted by molar-refractivity contribution is 4.63. The zero-order valence-corrected chi connectivity index (χ0v) is 9.96. The molecule has 0 aromatic rings. The third-order valence-electron chi connectivity index (χ3n) is 2.42. The highest BCUT2D eigenvalue weighted by Crippen LogP contribution is 2.02. The number of unbranched alkanes of at least 4 members (excludes halogenated alkanes) is 1. The number of hydrogen-bond acceptors (Lipinski definition) is 3. The lowest BCUT2D eigenvalue weighted by atomic mass is 10.2. The quantitative estimate of drug-likeness (QED) is 0.575. The summed E-state index contributed by atoms with van der Waals surface area (Å²) in [5, 5.41) is 0. The van der Waals surface area contributed by atoms with Crippen molar-refractivity contribution < 1.29 is 4.74 Å². The minimum absolute atomic E-state index is 0.629. The second-order valence-electron chi connectivity index (χ2n) is 3.97. The van der Waals surface area contributed by atoms with Gasteiger partial charge in [-0.25, -0.2) is 0 Å². The van der Waals surface area contributed by atoms with Crippen molar-refractivity contribution in [2.24, 2.45) is 5.73 Å². The number of nitrogens with two attached hydrogens (primary N) is 1. The summed E-state index contributed by atoms with van der Waals surface area (Å²) in [5.41, 5.74) is 5.51. The van der Waals surface area contributed by atoms with Gasteiger partial charge in [0.05, 0.1) is 0 Å². The summed E-state index contributed by atoms with van der Waals surface area (Å²) >= 11 is 0. The van der Waals surface area contributed by atoms with Gasteiger partial charge in [0.2, 0.25) is 0 Å². The molecule has 0 saturated carbocycles. The number of nitrogens with zero attached hydrogens (tertiary/aromatic N) is 1. The molecule has 0 aromatic carbocycles. The summed E-state index contributed by atoms with van der Waals surface area (Å²) < 4.78 is 5.03. The van der Waals surface area contributed by atoms with E-state index in [1.807, 2.05) is 0 Å². The molecule has 3 heteroatoms. The fourth-order valence-electron chi connectivity index (χ4n) is 1.48. The van der Waals surface area contributed by atoms with Gasteiger partial charge in [0.1, 0.15) is 0 Å². The first kappa shape index (κ1) is 13.9. The van der Waals surface area contributed by atoms with Gasteiger partial charge < -0.3 is 15.4 Å². The van der Waals surface area contributed by atoms with Crippen molar-refractivity contribution in [1.29, 1.82) is 0 Å². The molecule has 3 nitrogen and oxygen atoms in total. The van der Waals surface area contributed by atoms with Crippen LogP contribution in [-0.4, -0.2) is 44.3 Å². The smallest absolute Gasteiger partial charge is 0.0462 e. The van der Waals surface area contributed by atoms with Gasteiger partial charge in [0.15, 0.2) is 0 Å². The summed E-state index contributed by atoms with van der Waals surface area (Å²) in [6.45, 7) is 8.45. The van der Waals surface area contributed by atoms with E-state index in [1.54, 1.807) is 7.11 Å². The molecule has 0 heterocycles. The Morgan fingerprint density at radius 1 is 1.14 bits per heavy atom. The maximum atomic E-state index is 5.51. The molecule has 0 unspecified atom stereocenters. The van der Waals surface area contributed by atoms with E-state index in [2.05, 4.69) is 18.7 Å². The van der Waals surface area contributed by atoms with Gasteiger partial charge in [0, 0.05) is 19.8 Å². The fourth-order valence-corrected chi connectivity index (χ4v) is 1.48. The van der Waals surface area contributed by atoms with E-state index in [9.17, 15) is 0 Å². The summed E-state index contributed by atoms with van der Waals surface area (Å²) in [6, 6.07) is 0.629. The van der Waals surface area contributed by atoms with Gasteiger partial charge in [-0.1, -0.05) is 0 Å². The highest BCUT2D eigenvalue weighted by atomic mass is 16.5. The molecular formula is C11H26N2O. The first-order valence-corrected chi connectivity index (χ1v) is 5.65. The SMILES string of the molecule is COCCCCN(CCCN)C(C)C. The second kappa shape index (κ2) is 9.44. The lowest BCUT2D eigenvalue weighted by Crippen LogP contribution is -2.33. The summed E-state index contributed by atoms with van der Waals surface area (Å²) in [5.74, 6) is 0. The van der Waals surface area contributed by atoms with Crippen molar-refractivity contribution in [3.05, 3.63) is 0 Å². The van der Waals surface area contributed by atoms with E-state index in [0.29, 0.717) is 6.04 Å². The van der Waals surface area contributed by atoms with Crippen LogP contribution >= 0.6 is 0 Å². The average molecular weight is 202 g/mol. The zero-order chi connectivity index (χ0) is 10.8. The van der Waals surface area contributed by atoms with Crippen LogP contribution in [0.25, 0.3) is 0 Å². The Labute approximate surface area is 88.6 Å². The predicted molar refractivity (Wildman–Crippen MR) is 61.5 cm³/mol.